The van der Waals surface area contributed by atoms with Crippen LogP contribution in [0.4, 0.5) is 0 Å². The molecule has 118 valence electrons. The molecule has 1 aromatic carbocycles. The van der Waals surface area contributed by atoms with E-state index in [1.54, 1.807) is 0 Å². The van der Waals surface area contributed by atoms with E-state index in [1.807, 2.05) is 24.3 Å². The summed E-state index contributed by atoms with van der Waals surface area (Å²) < 4.78 is 5.30. The molecule has 0 atom stereocenters. The minimum absolute atomic E-state index is 0. The average Bonchev–Trinajstić information content (AvgIpc) is 2.52. The van der Waals surface area contributed by atoms with Crippen LogP contribution in [0, 0.1) is 0 Å². The van der Waals surface area contributed by atoms with Gasteiger partial charge in [-0.3, -0.25) is 9.69 Å². The fourth-order valence-corrected chi connectivity index (χ4v) is 2.22. The number of ether oxygens (including phenoxy) is 1. The maximum absolute atomic E-state index is 11.9. The van der Waals surface area contributed by atoms with Crippen LogP contribution >= 0.6 is 12.4 Å². The van der Waals surface area contributed by atoms with Crippen LogP contribution in [0.15, 0.2) is 24.3 Å². The monoisotopic (exact) mass is 313 g/mol. The minimum Gasteiger partial charge on any atom is -0.379 e. The summed E-state index contributed by atoms with van der Waals surface area (Å²) in [6.45, 7) is 5.84. The Bertz CT molecular complexity index is 419. The number of rotatable bonds is 6. The van der Waals surface area contributed by atoms with Crippen molar-refractivity contribution < 1.29 is 9.53 Å². The zero-order chi connectivity index (χ0) is 14.2. The number of nitrogens with one attached hydrogen (secondary N) is 1. The number of hydrogen-bond acceptors (Lipinski definition) is 4. The standard InChI is InChI=1S/C15H23N3O2.ClH/c16-12-13-2-4-14(5-3-13)15(19)17-6-1-7-18-8-10-20-11-9-18;/h2-5H,1,6-12,16H2,(H,17,19);1H. The van der Waals surface area contributed by atoms with E-state index in [9.17, 15) is 4.79 Å². The maximum Gasteiger partial charge on any atom is 0.251 e. The second kappa shape index (κ2) is 9.73. The summed E-state index contributed by atoms with van der Waals surface area (Å²) >= 11 is 0. The molecule has 0 radical (unpaired) electrons. The van der Waals surface area contributed by atoms with E-state index in [4.69, 9.17) is 10.5 Å². The van der Waals surface area contributed by atoms with Gasteiger partial charge in [0.15, 0.2) is 0 Å². The molecular weight excluding hydrogens is 290 g/mol. The molecule has 0 aromatic heterocycles. The Kier molecular flexibility index (Phi) is 8.30. The SMILES string of the molecule is Cl.NCc1ccc(C(=O)NCCCN2CCOCC2)cc1. The highest BCUT2D eigenvalue weighted by Gasteiger charge is 2.10. The number of hydrogen-bond donors (Lipinski definition) is 2. The van der Waals surface area contributed by atoms with Crippen molar-refractivity contribution >= 4 is 18.3 Å². The molecule has 1 saturated heterocycles. The highest BCUT2D eigenvalue weighted by molar-refractivity contribution is 5.94. The van der Waals surface area contributed by atoms with Gasteiger partial charge in [0.05, 0.1) is 13.2 Å². The number of nitrogens with two attached hydrogens (primary N) is 1. The highest BCUT2D eigenvalue weighted by atomic mass is 35.5. The number of morpholine rings is 1. The quantitative estimate of drug-likeness (QED) is 0.770. The van der Waals surface area contributed by atoms with Gasteiger partial charge < -0.3 is 15.8 Å². The van der Waals surface area contributed by atoms with Crippen molar-refractivity contribution in [2.45, 2.75) is 13.0 Å². The number of carbonyl (C=O) groups is 1. The van der Waals surface area contributed by atoms with E-state index in [-0.39, 0.29) is 18.3 Å². The van der Waals surface area contributed by atoms with Gasteiger partial charge in [0.25, 0.3) is 5.91 Å². The Morgan fingerprint density at radius 1 is 1.24 bits per heavy atom. The van der Waals surface area contributed by atoms with Gasteiger partial charge in [-0.15, -0.1) is 12.4 Å². The number of benzene rings is 1. The van der Waals surface area contributed by atoms with Crippen molar-refractivity contribution in [2.24, 2.45) is 5.73 Å². The molecule has 1 heterocycles. The van der Waals surface area contributed by atoms with Crippen LogP contribution in [-0.2, 0) is 11.3 Å². The van der Waals surface area contributed by atoms with E-state index in [0.29, 0.717) is 18.7 Å². The van der Waals surface area contributed by atoms with Gasteiger partial charge in [-0.1, -0.05) is 12.1 Å². The van der Waals surface area contributed by atoms with Gasteiger partial charge in [0.2, 0.25) is 0 Å². The number of nitrogens with zero attached hydrogens (tertiary/aromatic N) is 1. The van der Waals surface area contributed by atoms with Crippen LogP contribution in [0.1, 0.15) is 22.3 Å². The fraction of sp³-hybridized carbons (Fsp3) is 0.533. The number of halogens is 1. The summed E-state index contributed by atoms with van der Waals surface area (Å²) in [4.78, 5) is 14.3. The van der Waals surface area contributed by atoms with Crippen LogP contribution in [0.2, 0.25) is 0 Å². The Labute approximate surface area is 132 Å². The predicted octanol–water partition coefficient (Wildman–Crippen LogP) is 1.02. The fourth-order valence-electron chi connectivity index (χ4n) is 2.22. The van der Waals surface area contributed by atoms with Gasteiger partial charge in [0, 0.05) is 31.7 Å². The Morgan fingerprint density at radius 2 is 1.90 bits per heavy atom. The molecule has 1 fully saturated rings. The first kappa shape index (κ1) is 17.9. The van der Waals surface area contributed by atoms with Crippen LogP contribution in [0.3, 0.4) is 0 Å². The smallest absolute Gasteiger partial charge is 0.251 e. The molecule has 1 aromatic rings. The van der Waals surface area contributed by atoms with Gasteiger partial charge in [-0.2, -0.15) is 0 Å². The maximum atomic E-state index is 11.9. The topological polar surface area (TPSA) is 67.6 Å². The van der Waals surface area contributed by atoms with Gasteiger partial charge in [-0.05, 0) is 30.7 Å². The van der Waals surface area contributed by atoms with Gasteiger partial charge in [0.1, 0.15) is 0 Å². The molecule has 0 aliphatic carbocycles. The van der Waals surface area contributed by atoms with E-state index in [2.05, 4.69) is 10.2 Å². The molecule has 21 heavy (non-hydrogen) atoms. The van der Waals surface area contributed by atoms with Crippen molar-refractivity contribution in [3.05, 3.63) is 35.4 Å². The van der Waals surface area contributed by atoms with Crippen molar-refractivity contribution in [3.8, 4) is 0 Å². The molecule has 1 amide bonds. The molecule has 6 heteroatoms. The third-order valence-electron chi connectivity index (χ3n) is 3.49. The number of amides is 1. The Balaban J connectivity index is 0.00000220. The molecule has 0 saturated carbocycles. The van der Waals surface area contributed by atoms with Crippen LogP contribution < -0.4 is 11.1 Å². The number of carbonyl (C=O) groups excluding carboxylic acids is 1. The van der Waals surface area contributed by atoms with Crippen LogP contribution in [-0.4, -0.2) is 50.2 Å². The molecule has 5 nitrogen and oxygen atoms in total. The summed E-state index contributed by atoms with van der Waals surface area (Å²) in [6.07, 6.45) is 0.965. The second-order valence-corrected chi connectivity index (χ2v) is 4.96. The second-order valence-electron chi connectivity index (χ2n) is 4.96. The van der Waals surface area contributed by atoms with Crippen LogP contribution in [0.5, 0.6) is 0 Å². The van der Waals surface area contributed by atoms with Crippen molar-refractivity contribution in [3.63, 3.8) is 0 Å². The third kappa shape index (κ3) is 6.01. The lowest BCUT2D eigenvalue weighted by atomic mass is 10.1. The lowest BCUT2D eigenvalue weighted by Crippen LogP contribution is -2.38. The lowest BCUT2D eigenvalue weighted by molar-refractivity contribution is 0.0374. The molecule has 0 spiro atoms. The summed E-state index contributed by atoms with van der Waals surface area (Å²) in [5.74, 6) is -0.0180. The van der Waals surface area contributed by atoms with E-state index in [1.165, 1.54) is 0 Å². The molecule has 1 aliphatic heterocycles. The molecule has 2 rings (SSSR count). The van der Waals surface area contributed by atoms with Crippen molar-refractivity contribution in [1.82, 2.24) is 10.2 Å². The van der Waals surface area contributed by atoms with E-state index >= 15 is 0 Å². The Morgan fingerprint density at radius 3 is 2.52 bits per heavy atom. The summed E-state index contributed by atoms with van der Waals surface area (Å²) in [5, 5.41) is 2.95. The van der Waals surface area contributed by atoms with Crippen molar-refractivity contribution in [1.29, 1.82) is 0 Å². The minimum atomic E-state index is -0.0180. The van der Waals surface area contributed by atoms with Crippen LogP contribution in [0.25, 0.3) is 0 Å². The zero-order valence-corrected chi connectivity index (χ0v) is 13.0. The summed E-state index contributed by atoms with van der Waals surface area (Å²) in [6, 6.07) is 7.42. The zero-order valence-electron chi connectivity index (χ0n) is 12.2. The normalized spacial score (nSPS) is 15.3. The third-order valence-corrected chi connectivity index (χ3v) is 3.49. The highest BCUT2D eigenvalue weighted by Crippen LogP contribution is 2.03. The average molecular weight is 314 g/mol. The first-order chi connectivity index (χ1) is 9.79. The largest absolute Gasteiger partial charge is 0.379 e. The predicted molar refractivity (Wildman–Crippen MR) is 85.8 cm³/mol. The first-order valence-electron chi connectivity index (χ1n) is 7.17. The van der Waals surface area contributed by atoms with Crippen molar-refractivity contribution in [2.75, 3.05) is 39.4 Å². The Hall–Kier alpha value is -1.14. The van der Waals surface area contributed by atoms with Gasteiger partial charge in [-0.25, -0.2) is 0 Å². The lowest BCUT2D eigenvalue weighted by Gasteiger charge is -2.26. The molecule has 1 aliphatic rings. The summed E-state index contributed by atoms with van der Waals surface area (Å²) in [7, 11) is 0. The summed E-state index contributed by atoms with van der Waals surface area (Å²) in [5.41, 5.74) is 7.26. The first-order valence-corrected chi connectivity index (χ1v) is 7.17. The van der Waals surface area contributed by atoms with Gasteiger partial charge >= 0.3 is 0 Å². The molecular formula is C15H24ClN3O2. The molecule has 0 unspecified atom stereocenters. The van der Waals surface area contributed by atoms with E-state index < -0.39 is 0 Å². The van der Waals surface area contributed by atoms with E-state index in [0.717, 1.165) is 44.8 Å². The molecule has 3 N–H and O–H groups in total. The molecule has 0 bridgehead atoms.